The van der Waals surface area contributed by atoms with Crippen molar-refractivity contribution in [3.63, 3.8) is 0 Å². The van der Waals surface area contributed by atoms with E-state index in [2.05, 4.69) is 19.2 Å². The number of amides is 2. The number of anilines is 1. The molecule has 2 aromatic carbocycles. The van der Waals surface area contributed by atoms with Gasteiger partial charge >= 0.3 is 0 Å². The van der Waals surface area contributed by atoms with Crippen LogP contribution in [0.4, 0.5) is 10.1 Å². The van der Waals surface area contributed by atoms with Gasteiger partial charge in [-0.2, -0.15) is 0 Å². The van der Waals surface area contributed by atoms with Gasteiger partial charge in [0.05, 0.1) is 0 Å². The number of hydrogen-bond donors (Lipinski definition) is 1. The smallest absolute Gasteiger partial charge is 0.226 e. The molecule has 0 saturated heterocycles. The maximum Gasteiger partial charge on any atom is 0.226 e. The van der Waals surface area contributed by atoms with Crippen molar-refractivity contribution >= 4 is 17.5 Å². The highest BCUT2D eigenvalue weighted by molar-refractivity contribution is 5.92. The second kappa shape index (κ2) is 9.86. The highest BCUT2D eigenvalue weighted by atomic mass is 19.1. The molecule has 0 unspecified atom stereocenters. The fraction of sp³-hybridized carbons (Fsp3) is 0.364. The Labute approximate surface area is 160 Å². The third-order valence-electron chi connectivity index (χ3n) is 4.60. The monoisotopic (exact) mass is 370 g/mol. The maximum absolute atomic E-state index is 13.0. The second-order valence-electron chi connectivity index (χ2n) is 6.52. The van der Waals surface area contributed by atoms with Crippen molar-refractivity contribution < 1.29 is 14.0 Å². The number of carbonyl (C=O) groups is 2. The van der Waals surface area contributed by atoms with Gasteiger partial charge < -0.3 is 10.2 Å². The molecule has 0 atom stereocenters. The Hall–Kier alpha value is -2.69. The molecule has 144 valence electrons. The topological polar surface area (TPSA) is 49.4 Å². The highest BCUT2D eigenvalue weighted by Crippen LogP contribution is 2.22. The molecule has 5 heteroatoms. The minimum Gasteiger partial charge on any atom is -0.338 e. The van der Waals surface area contributed by atoms with Crippen LogP contribution in [0.3, 0.4) is 0 Å². The molecule has 27 heavy (non-hydrogen) atoms. The first-order valence-corrected chi connectivity index (χ1v) is 9.35. The summed E-state index contributed by atoms with van der Waals surface area (Å²) in [5.41, 5.74) is 3.94. The third-order valence-corrected chi connectivity index (χ3v) is 4.60. The molecule has 2 aromatic rings. The Balaban J connectivity index is 2.00. The van der Waals surface area contributed by atoms with Crippen LogP contribution in [0.5, 0.6) is 0 Å². The van der Waals surface area contributed by atoms with Crippen molar-refractivity contribution in [2.24, 2.45) is 0 Å². The van der Waals surface area contributed by atoms with E-state index in [1.54, 1.807) is 17.0 Å². The molecule has 0 radical (unpaired) electrons. The van der Waals surface area contributed by atoms with Crippen LogP contribution < -0.4 is 5.32 Å². The standard InChI is InChI=1S/C22H27FN2O2/c1-4-18-7-6-8-19(5-2)22(18)24-21(27)13-14-25(16(3)26)15-17-9-11-20(23)12-10-17/h6-12H,4-5,13-15H2,1-3H3,(H,24,27). The van der Waals surface area contributed by atoms with E-state index in [0.29, 0.717) is 13.1 Å². The van der Waals surface area contributed by atoms with Crippen molar-refractivity contribution in [1.29, 1.82) is 0 Å². The molecular formula is C22H27FN2O2. The predicted molar refractivity (Wildman–Crippen MR) is 106 cm³/mol. The van der Waals surface area contributed by atoms with Gasteiger partial charge in [0.15, 0.2) is 0 Å². The third kappa shape index (κ3) is 5.91. The van der Waals surface area contributed by atoms with Gasteiger partial charge in [0, 0.05) is 32.1 Å². The molecule has 1 N–H and O–H groups in total. The molecule has 0 saturated carbocycles. The number of carbonyl (C=O) groups excluding carboxylic acids is 2. The summed E-state index contributed by atoms with van der Waals surface area (Å²) in [5, 5.41) is 3.02. The number of rotatable bonds is 8. The Morgan fingerprint density at radius 1 is 1.00 bits per heavy atom. The van der Waals surface area contributed by atoms with E-state index in [0.717, 1.165) is 35.2 Å². The SMILES string of the molecule is CCc1cccc(CC)c1NC(=O)CCN(Cc1ccc(F)cc1)C(C)=O. The van der Waals surface area contributed by atoms with Gasteiger partial charge in [0.1, 0.15) is 5.82 Å². The van der Waals surface area contributed by atoms with Gasteiger partial charge in [-0.1, -0.05) is 44.2 Å². The van der Waals surface area contributed by atoms with Crippen LogP contribution in [0, 0.1) is 5.82 Å². The normalized spacial score (nSPS) is 10.5. The zero-order valence-corrected chi connectivity index (χ0v) is 16.2. The van der Waals surface area contributed by atoms with Crippen LogP contribution in [0.15, 0.2) is 42.5 Å². The molecule has 4 nitrogen and oxygen atoms in total. The van der Waals surface area contributed by atoms with Gasteiger partial charge in [-0.25, -0.2) is 4.39 Å². The summed E-state index contributed by atoms with van der Waals surface area (Å²) in [6.07, 6.45) is 1.89. The molecule has 2 amide bonds. The minimum atomic E-state index is -0.311. The van der Waals surface area contributed by atoms with E-state index < -0.39 is 0 Å². The predicted octanol–water partition coefficient (Wildman–Crippen LogP) is 4.33. The van der Waals surface area contributed by atoms with E-state index in [-0.39, 0.29) is 24.1 Å². The largest absolute Gasteiger partial charge is 0.338 e. The number of nitrogens with zero attached hydrogens (tertiary/aromatic N) is 1. The van der Waals surface area contributed by atoms with E-state index in [4.69, 9.17) is 0 Å². The maximum atomic E-state index is 13.0. The number of halogens is 1. The molecule has 2 rings (SSSR count). The Morgan fingerprint density at radius 3 is 2.11 bits per heavy atom. The number of para-hydroxylation sites is 1. The van der Waals surface area contributed by atoms with Crippen LogP contribution in [-0.2, 0) is 29.0 Å². The van der Waals surface area contributed by atoms with E-state index in [1.807, 2.05) is 18.2 Å². The summed E-state index contributed by atoms with van der Waals surface area (Å²) in [6, 6.07) is 12.1. The van der Waals surface area contributed by atoms with Gasteiger partial charge in [-0.05, 0) is 41.7 Å². The number of hydrogen-bond acceptors (Lipinski definition) is 2. The lowest BCUT2D eigenvalue weighted by molar-refractivity contribution is -0.129. The quantitative estimate of drug-likeness (QED) is 0.752. The first-order chi connectivity index (χ1) is 12.9. The van der Waals surface area contributed by atoms with Crippen LogP contribution in [0.2, 0.25) is 0 Å². The fourth-order valence-corrected chi connectivity index (χ4v) is 3.00. The molecule has 0 bridgehead atoms. The van der Waals surface area contributed by atoms with E-state index in [1.165, 1.54) is 19.1 Å². The van der Waals surface area contributed by atoms with Gasteiger partial charge in [-0.3, -0.25) is 9.59 Å². The van der Waals surface area contributed by atoms with Crippen LogP contribution >= 0.6 is 0 Å². The summed E-state index contributed by atoms with van der Waals surface area (Å²) in [4.78, 5) is 26.0. The van der Waals surface area contributed by atoms with Crippen LogP contribution in [-0.4, -0.2) is 23.3 Å². The Kier molecular flexibility index (Phi) is 7.53. The summed E-state index contributed by atoms with van der Waals surface area (Å²) >= 11 is 0. The molecule has 0 aliphatic heterocycles. The summed E-state index contributed by atoms with van der Waals surface area (Å²) in [6.45, 7) is 6.27. The fourth-order valence-electron chi connectivity index (χ4n) is 3.00. The van der Waals surface area contributed by atoms with Gasteiger partial charge in [0.2, 0.25) is 11.8 Å². The summed E-state index contributed by atoms with van der Waals surface area (Å²) in [7, 11) is 0. The van der Waals surface area contributed by atoms with Crippen molar-refractivity contribution in [3.05, 3.63) is 65.0 Å². The van der Waals surface area contributed by atoms with Crippen molar-refractivity contribution in [1.82, 2.24) is 4.90 Å². The molecule has 0 aromatic heterocycles. The lowest BCUT2D eigenvalue weighted by atomic mass is 10.0. The first kappa shape index (κ1) is 20.6. The molecule has 0 spiro atoms. The average molecular weight is 370 g/mol. The minimum absolute atomic E-state index is 0.115. The number of nitrogens with one attached hydrogen (secondary N) is 1. The zero-order valence-electron chi connectivity index (χ0n) is 16.2. The van der Waals surface area contributed by atoms with Gasteiger partial charge in [0.25, 0.3) is 0 Å². The van der Waals surface area contributed by atoms with Crippen molar-refractivity contribution in [2.75, 3.05) is 11.9 Å². The molecule has 0 aliphatic rings. The Morgan fingerprint density at radius 2 is 1.59 bits per heavy atom. The van der Waals surface area contributed by atoms with Crippen molar-refractivity contribution in [2.45, 2.75) is 46.6 Å². The highest BCUT2D eigenvalue weighted by Gasteiger charge is 2.14. The summed E-state index contributed by atoms with van der Waals surface area (Å²) in [5.74, 6) is -0.542. The molecule has 0 fully saturated rings. The Bertz CT molecular complexity index is 765. The number of benzene rings is 2. The molecular weight excluding hydrogens is 343 g/mol. The van der Waals surface area contributed by atoms with Crippen LogP contribution in [0.1, 0.15) is 43.9 Å². The average Bonchev–Trinajstić information content (AvgIpc) is 2.66. The zero-order chi connectivity index (χ0) is 19.8. The molecule has 0 heterocycles. The van der Waals surface area contributed by atoms with Gasteiger partial charge in [-0.15, -0.1) is 0 Å². The van der Waals surface area contributed by atoms with Crippen LogP contribution in [0.25, 0.3) is 0 Å². The van der Waals surface area contributed by atoms with E-state index in [9.17, 15) is 14.0 Å². The second-order valence-corrected chi connectivity index (χ2v) is 6.52. The van der Waals surface area contributed by atoms with Crippen molar-refractivity contribution in [3.8, 4) is 0 Å². The summed E-state index contributed by atoms with van der Waals surface area (Å²) < 4.78 is 13.0. The first-order valence-electron chi connectivity index (χ1n) is 9.35. The lowest BCUT2D eigenvalue weighted by Gasteiger charge is -2.21. The lowest BCUT2D eigenvalue weighted by Crippen LogP contribution is -2.31. The number of aryl methyl sites for hydroxylation is 2. The van der Waals surface area contributed by atoms with E-state index >= 15 is 0 Å². The molecule has 0 aliphatic carbocycles.